The molecule has 0 aliphatic heterocycles. The number of carbonyl (C=O) groups excluding carboxylic acids is 1. The van der Waals surface area contributed by atoms with Crippen molar-refractivity contribution in [2.24, 2.45) is 4.99 Å². The first-order chi connectivity index (χ1) is 14.0. The van der Waals surface area contributed by atoms with E-state index in [-0.39, 0.29) is 11.7 Å². The number of halogens is 1. The maximum Gasteiger partial charge on any atom is 0.253 e. The Morgan fingerprint density at radius 1 is 1.10 bits per heavy atom. The molecule has 2 aromatic carbocycles. The van der Waals surface area contributed by atoms with Gasteiger partial charge >= 0.3 is 0 Å². The van der Waals surface area contributed by atoms with Crippen LogP contribution in [0.1, 0.15) is 28.4 Å². The summed E-state index contributed by atoms with van der Waals surface area (Å²) in [6.07, 6.45) is 0. The Labute approximate surface area is 176 Å². The minimum Gasteiger partial charge on any atom is -0.357 e. The topological polar surface area (TPSA) is 56.7 Å². The molecule has 0 aliphatic carbocycles. The maximum atomic E-state index is 13.6. The van der Waals surface area contributed by atoms with Gasteiger partial charge in [-0.3, -0.25) is 4.79 Å². The predicted molar refractivity (Wildman–Crippen MR) is 120 cm³/mol. The van der Waals surface area contributed by atoms with Crippen LogP contribution < -0.4 is 10.6 Å². The molecule has 0 spiro atoms. The first-order valence-corrected chi connectivity index (χ1v) is 10.8. The van der Waals surface area contributed by atoms with Crippen LogP contribution in [0.4, 0.5) is 4.39 Å². The molecule has 0 heterocycles. The van der Waals surface area contributed by atoms with Crippen LogP contribution in [0.3, 0.4) is 0 Å². The van der Waals surface area contributed by atoms with Crippen molar-refractivity contribution in [3.05, 3.63) is 71.0 Å². The van der Waals surface area contributed by atoms with Crippen molar-refractivity contribution in [2.75, 3.05) is 32.9 Å². The van der Waals surface area contributed by atoms with Crippen molar-refractivity contribution in [1.82, 2.24) is 15.5 Å². The second-order valence-electron chi connectivity index (χ2n) is 6.66. The highest BCUT2D eigenvalue weighted by atomic mass is 32.2. The van der Waals surface area contributed by atoms with Gasteiger partial charge in [-0.1, -0.05) is 30.3 Å². The highest BCUT2D eigenvalue weighted by Crippen LogP contribution is 2.14. The largest absolute Gasteiger partial charge is 0.357 e. The molecule has 0 fully saturated rings. The summed E-state index contributed by atoms with van der Waals surface area (Å²) in [5.41, 5.74) is 2.43. The van der Waals surface area contributed by atoms with Crippen LogP contribution in [-0.4, -0.2) is 49.7 Å². The first kappa shape index (κ1) is 22.7. The number of benzene rings is 2. The lowest BCUT2D eigenvalue weighted by molar-refractivity contribution is 0.0827. The Morgan fingerprint density at radius 3 is 2.48 bits per heavy atom. The summed E-state index contributed by atoms with van der Waals surface area (Å²) in [5, 5.41) is 6.52. The molecular formula is C22H29FN4OS. The number of guanidine groups is 1. The van der Waals surface area contributed by atoms with Crippen molar-refractivity contribution in [3.63, 3.8) is 0 Å². The summed E-state index contributed by atoms with van der Waals surface area (Å²) in [5.74, 6) is 2.08. The zero-order valence-corrected chi connectivity index (χ0v) is 18.1. The Hall–Kier alpha value is -2.54. The molecule has 2 aromatic rings. The highest BCUT2D eigenvalue weighted by Gasteiger charge is 2.07. The molecule has 29 heavy (non-hydrogen) atoms. The van der Waals surface area contributed by atoms with Gasteiger partial charge in [-0.2, -0.15) is 11.8 Å². The summed E-state index contributed by atoms with van der Waals surface area (Å²) >= 11 is 1.68. The third-order valence-electron chi connectivity index (χ3n) is 4.13. The van der Waals surface area contributed by atoms with Gasteiger partial charge in [-0.25, -0.2) is 9.38 Å². The molecule has 0 aromatic heterocycles. The average Bonchev–Trinajstić information content (AvgIpc) is 2.72. The molecule has 2 rings (SSSR count). The molecule has 5 nitrogen and oxygen atoms in total. The van der Waals surface area contributed by atoms with Gasteiger partial charge in [0, 0.05) is 44.3 Å². The summed E-state index contributed by atoms with van der Waals surface area (Å²) in [4.78, 5) is 18.1. The molecule has 0 saturated heterocycles. The van der Waals surface area contributed by atoms with Gasteiger partial charge in [0.25, 0.3) is 5.91 Å². The van der Waals surface area contributed by atoms with Gasteiger partial charge in [0.05, 0.1) is 6.54 Å². The summed E-state index contributed by atoms with van der Waals surface area (Å²) in [7, 11) is 3.48. The van der Waals surface area contributed by atoms with Crippen LogP contribution in [0.15, 0.2) is 53.5 Å². The summed E-state index contributed by atoms with van der Waals surface area (Å²) < 4.78 is 13.6. The van der Waals surface area contributed by atoms with Crippen LogP contribution in [0, 0.1) is 5.82 Å². The van der Waals surface area contributed by atoms with Crippen LogP contribution in [-0.2, 0) is 12.3 Å². The maximum absolute atomic E-state index is 13.6. The summed E-state index contributed by atoms with van der Waals surface area (Å²) in [6.45, 7) is 4.05. The van der Waals surface area contributed by atoms with Gasteiger partial charge in [-0.15, -0.1) is 0 Å². The molecule has 0 unspecified atom stereocenters. The molecule has 7 heteroatoms. The van der Waals surface area contributed by atoms with Crippen molar-refractivity contribution < 1.29 is 9.18 Å². The van der Waals surface area contributed by atoms with E-state index in [1.165, 1.54) is 6.07 Å². The number of thioether (sulfide) groups is 1. The molecule has 0 radical (unpaired) electrons. The van der Waals surface area contributed by atoms with Crippen molar-refractivity contribution in [3.8, 4) is 0 Å². The molecule has 0 saturated carbocycles. The molecule has 0 atom stereocenters. The number of amides is 1. The van der Waals surface area contributed by atoms with Crippen molar-refractivity contribution in [2.45, 2.75) is 19.2 Å². The van der Waals surface area contributed by atoms with Gasteiger partial charge < -0.3 is 15.5 Å². The van der Waals surface area contributed by atoms with E-state index in [2.05, 4.69) is 15.6 Å². The Balaban J connectivity index is 1.80. The van der Waals surface area contributed by atoms with Crippen LogP contribution in [0.5, 0.6) is 0 Å². The minimum atomic E-state index is -0.152. The zero-order chi connectivity index (χ0) is 21.1. The number of hydrogen-bond donors (Lipinski definition) is 2. The second kappa shape index (κ2) is 12.1. The summed E-state index contributed by atoms with van der Waals surface area (Å²) in [6, 6.07) is 14.4. The van der Waals surface area contributed by atoms with E-state index in [9.17, 15) is 9.18 Å². The van der Waals surface area contributed by atoms with Crippen molar-refractivity contribution >= 4 is 23.6 Å². The monoisotopic (exact) mass is 416 g/mol. The number of aliphatic imine (C=N–C) groups is 1. The van der Waals surface area contributed by atoms with Crippen molar-refractivity contribution in [1.29, 1.82) is 0 Å². The van der Waals surface area contributed by atoms with E-state index < -0.39 is 0 Å². The Morgan fingerprint density at radius 2 is 1.83 bits per heavy atom. The molecule has 2 N–H and O–H groups in total. The fraction of sp³-hybridized carbons (Fsp3) is 0.364. The van der Waals surface area contributed by atoms with Crippen LogP contribution in [0.25, 0.3) is 0 Å². The van der Waals surface area contributed by atoms with Crippen LogP contribution in [0.2, 0.25) is 0 Å². The molecule has 0 bridgehead atoms. The molecule has 1 amide bonds. The fourth-order valence-electron chi connectivity index (χ4n) is 2.56. The normalized spacial score (nSPS) is 11.2. The van der Waals surface area contributed by atoms with E-state index in [4.69, 9.17) is 0 Å². The quantitative estimate of drug-likeness (QED) is 0.373. The van der Waals surface area contributed by atoms with Crippen LogP contribution >= 0.6 is 11.8 Å². The van der Waals surface area contributed by atoms with Gasteiger partial charge in [0.1, 0.15) is 5.82 Å². The number of hydrogen-bond acceptors (Lipinski definition) is 3. The standard InChI is InChI=1S/C22H29FN4OS/c1-4-24-22(25-13-14-29-16-19-7-5-6-8-20(19)23)26-15-17-9-11-18(12-10-17)21(28)27(2)3/h5-12H,4,13-16H2,1-3H3,(H2,24,25,26). The van der Waals surface area contributed by atoms with E-state index in [1.807, 2.05) is 43.3 Å². The zero-order valence-electron chi connectivity index (χ0n) is 17.2. The first-order valence-electron chi connectivity index (χ1n) is 9.65. The van der Waals surface area contributed by atoms with E-state index in [0.29, 0.717) is 17.9 Å². The van der Waals surface area contributed by atoms with Gasteiger partial charge in [-0.05, 0) is 36.2 Å². The number of rotatable bonds is 9. The third-order valence-corrected chi connectivity index (χ3v) is 5.13. The fourth-order valence-corrected chi connectivity index (χ4v) is 3.41. The highest BCUT2D eigenvalue weighted by molar-refractivity contribution is 7.98. The van der Waals surface area contributed by atoms with E-state index >= 15 is 0 Å². The van der Waals surface area contributed by atoms with E-state index in [0.717, 1.165) is 35.9 Å². The van der Waals surface area contributed by atoms with E-state index in [1.54, 1.807) is 36.8 Å². The lowest BCUT2D eigenvalue weighted by Crippen LogP contribution is -2.38. The molecular weight excluding hydrogens is 387 g/mol. The lowest BCUT2D eigenvalue weighted by atomic mass is 10.1. The second-order valence-corrected chi connectivity index (χ2v) is 7.77. The third kappa shape index (κ3) is 7.77. The van der Waals surface area contributed by atoms with Gasteiger partial charge in [0.2, 0.25) is 0 Å². The SMILES string of the molecule is CCNC(=NCc1ccc(C(=O)N(C)C)cc1)NCCSCc1ccccc1F. The number of nitrogens with zero attached hydrogens (tertiary/aromatic N) is 2. The number of carbonyl (C=O) groups is 1. The average molecular weight is 417 g/mol. The Kier molecular flexibility index (Phi) is 9.50. The smallest absolute Gasteiger partial charge is 0.253 e. The number of nitrogens with one attached hydrogen (secondary N) is 2. The Bertz CT molecular complexity index is 809. The molecule has 156 valence electrons. The predicted octanol–water partition coefficient (Wildman–Crippen LogP) is 3.52. The lowest BCUT2D eigenvalue weighted by Gasteiger charge is -2.12. The van der Waals surface area contributed by atoms with Gasteiger partial charge in [0.15, 0.2) is 5.96 Å². The minimum absolute atomic E-state index is 0.0112. The molecule has 0 aliphatic rings.